The molecule has 0 aliphatic rings. The van der Waals surface area contributed by atoms with E-state index in [9.17, 15) is 22.0 Å². The molecule has 0 aliphatic heterocycles. The molecule has 0 aromatic heterocycles. The van der Waals surface area contributed by atoms with Crippen LogP contribution in [0.15, 0.2) is 77.7 Å². The van der Waals surface area contributed by atoms with E-state index >= 15 is 0 Å². The van der Waals surface area contributed by atoms with E-state index in [2.05, 4.69) is 0 Å². The average molecular weight is 445 g/mol. The fraction of sp³-hybridized carbons (Fsp3) is 0.174. The molecule has 0 unspecified atom stereocenters. The molecule has 0 saturated carbocycles. The van der Waals surface area contributed by atoms with E-state index in [0.717, 1.165) is 12.1 Å². The van der Waals surface area contributed by atoms with Crippen LogP contribution in [0.5, 0.6) is 0 Å². The first-order valence-electron chi connectivity index (χ1n) is 9.74. The van der Waals surface area contributed by atoms with Crippen molar-refractivity contribution < 1.29 is 22.0 Å². The van der Waals surface area contributed by atoms with Crippen LogP contribution >= 0.6 is 0 Å². The molecule has 0 heterocycles. The topological polar surface area (TPSA) is 57.7 Å². The van der Waals surface area contributed by atoms with Gasteiger partial charge in [-0.1, -0.05) is 24.3 Å². The third kappa shape index (κ3) is 4.59. The van der Waals surface area contributed by atoms with Gasteiger partial charge in [-0.05, 0) is 56.3 Å². The Hall–Kier alpha value is -3.26. The first kappa shape index (κ1) is 22.4. The lowest BCUT2D eigenvalue weighted by molar-refractivity contribution is 0.0988. The smallest absolute Gasteiger partial charge is 0.264 e. The van der Waals surface area contributed by atoms with Gasteiger partial charge in [-0.25, -0.2) is 17.2 Å². The first-order chi connectivity index (χ1) is 14.8. The fourth-order valence-electron chi connectivity index (χ4n) is 3.25. The van der Waals surface area contributed by atoms with E-state index in [4.69, 9.17) is 0 Å². The zero-order valence-electron chi connectivity index (χ0n) is 17.1. The average Bonchev–Trinajstić information content (AvgIpc) is 2.77. The van der Waals surface area contributed by atoms with Gasteiger partial charge in [0.25, 0.3) is 15.9 Å². The van der Waals surface area contributed by atoms with E-state index in [-0.39, 0.29) is 29.2 Å². The molecule has 0 aliphatic carbocycles. The van der Waals surface area contributed by atoms with Crippen LogP contribution in [0.4, 0.5) is 20.2 Å². The molecule has 3 aromatic carbocycles. The normalized spacial score (nSPS) is 11.2. The highest BCUT2D eigenvalue weighted by Gasteiger charge is 2.25. The van der Waals surface area contributed by atoms with Gasteiger partial charge < -0.3 is 4.90 Å². The number of amides is 1. The highest BCUT2D eigenvalue weighted by molar-refractivity contribution is 7.92. The van der Waals surface area contributed by atoms with Crippen LogP contribution in [-0.2, 0) is 10.0 Å². The molecule has 0 spiro atoms. The number of halogens is 2. The quantitative estimate of drug-likeness (QED) is 0.524. The Morgan fingerprint density at radius 3 is 2.13 bits per heavy atom. The molecule has 0 atom stereocenters. The molecular formula is C23H22F2N2O3S. The number of carbonyl (C=O) groups excluding carboxylic acids is 1. The third-order valence-electron chi connectivity index (χ3n) is 4.78. The summed E-state index contributed by atoms with van der Waals surface area (Å²) >= 11 is 0. The Bertz CT molecular complexity index is 1180. The van der Waals surface area contributed by atoms with Gasteiger partial charge >= 0.3 is 0 Å². The largest absolute Gasteiger partial charge is 0.309 e. The van der Waals surface area contributed by atoms with Crippen molar-refractivity contribution in [3.8, 4) is 0 Å². The summed E-state index contributed by atoms with van der Waals surface area (Å²) in [4.78, 5) is 14.3. The lowest BCUT2D eigenvalue weighted by Gasteiger charge is -2.24. The van der Waals surface area contributed by atoms with E-state index in [0.29, 0.717) is 5.69 Å². The maximum atomic E-state index is 13.7. The summed E-state index contributed by atoms with van der Waals surface area (Å²) in [7, 11) is -3.92. The van der Waals surface area contributed by atoms with Crippen molar-refractivity contribution >= 4 is 27.3 Å². The van der Waals surface area contributed by atoms with Crippen LogP contribution < -0.4 is 9.21 Å². The second kappa shape index (κ2) is 9.26. The van der Waals surface area contributed by atoms with Gasteiger partial charge in [0.15, 0.2) is 11.6 Å². The van der Waals surface area contributed by atoms with E-state index in [1.54, 1.807) is 44.2 Å². The number of benzene rings is 3. The maximum absolute atomic E-state index is 13.7. The maximum Gasteiger partial charge on any atom is 0.264 e. The summed E-state index contributed by atoms with van der Waals surface area (Å²) in [5, 5.41) is 0. The Labute approximate surface area is 180 Å². The molecule has 5 nitrogen and oxygen atoms in total. The predicted octanol–water partition coefficient (Wildman–Crippen LogP) is 4.85. The SMILES string of the molecule is CCN(C(=O)c1cccc(S(=O)(=O)N(CC)c2ccccc2)c1)c1ccc(F)c(F)c1. The highest BCUT2D eigenvalue weighted by atomic mass is 32.2. The van der Waals surface area contributed by atoms with Crippen molar-refractivity contribution in [2.75, 3.05) is 22.3 Å². The summed E-state index contributed by atoms with van der Waals surface area (Å²) < 4.78 is 54.7. The van der Waals surface area contributed by atoms with Crippen molar-refractivity contribution in [1.82, 2.24) is 0 Å². The highest BCUT2D eigenvalue weighted by Crippen LogP contribution is 2.25. The summed E-state index contributed by atoms with van der Waals surface area (Å²) in [5.74, 6) is -2.60. The number of hydrogen-bond acceptors (Lipinski definition) is 3. The fourth-order valence-corrected chi connectivity index (χ4v) is 4.77. The number of nitrogens with zero attached hydrogens (tertiary/aromatic N) is 2. The monoisotopic (exact) mass is 444 g/mol. The van der Waals surface area contributed by atoms with Gasteiger partial charge in [0.2, 0.25) is 0 Å². The van der Waals surface area contributed by atoms with Gasteiger partial charge in [0.1, 0.15) is 0 Å². The van der Waals surface area contributed by atoms with Gasteiger partial charge in [-0.3, -0.25) is 9.10 Å². The van der Waals surface area contributed by atoms with Crippen molar-refractivity contribution in [3.05, 3.63) is 90.0 Å². The minimum absolute atomic E-state index is 0.0367. The molecule has 1 amide bonds. The molecule has 8 heteroatoms. The predicted molar refractivity (Wildman–Crippen MR) is 117 cm³/mol. The summed E-state index contributed by atoms with van der Waals surface area (Å²) in [5.41, 5.74) is 0.814. The van der Waals surface area contributed by atoms with Gasteiger partial charge in [0, 0.05) is 30.4 Å². The molecule has 3 rings (SSSR count). The van der Waals surface area contributed by atoms with Crippen LogP contribution in [0.1, 0.15) is 24.2 Å². The summed E-state index contributed by atoms with van der Waals surface area (Å²) in [6.07, 6.45) is 0. The zero-order chi connectivity index (χ0) is 22.6. The van der Waals surface area contributed by atoms with Crippen molar-refractivity contribution in [1.29, 1.82) is 0 Å². The third-order valence-corrected chi connectivity index (χ3v) is 6.68. The summed E-state index contributed by atoms with van der Waals surface area (Å²) in [6.45, 7) is 3.81. The molecule has 0 saturated heterocycles. The number of rotatable bonds is 7. The number of carbonyl (C=O) groups is 1. The van der Waals surface area contributed by atoms with E-state index < -0.39 is 27.6 Å². The van der Waals surface area contributed by atoms with Crippen molar-refractivity contribution in [2.45, 2.75) is 18.7 Å². The molecule has 0 N–H and O–H groups in total. The number of sulfonamides is 1. The van der Waals surface area contributed by atoms with E-state index in [1.165, 1.54) is 39.5 Å². The molecule has 162 valence electrons. The van der Waals surface area contributed by atoms with E-state index in [1.807, 2.05) is 0 Å². The number of anilines is 2. The second-order valence-corrected chi connectivity index (χ2v) is 8.54. The Kier molecular flexibility index (Phi) is 6.70. The number of para-hydroxylation sites is 1. The Morgan fingerprint density at radius 1 is 0.806 bits per heavy atom. The molecule has 0 radical (unpaired) electrons. The van der Waals surface area contributed by atoms with Gasteiger partial charge in [0.05, 0.1) is 10.6 Å². The molecule has 3 aromatic rings. The zero-order valence-corrected chi connectivity index (χ0v) is 17.9. The second-order valence-electron chi connectivity index (χ2n) is 6.68. The lowest BCUT2D eigenvalue weighted by atomic mass is 10.1. The Balaban J connectivity index is 1.98. The first-order valence-corrected chi connectivity index (χ1v) is 11.2. The van der Waals surface area contributed by atoms with Crippen LogP contribution in [0.2, 0.25) is 0 Å². The van der Waals surface area contributed by atoms with Crippen LogP contribution in [0.25, 0.3) is 0 Å². The standard InChI is InChI=1S/C23H22F2N2O3S/c1-3-26(19-13-14-21(24)22(25)16-19)23(28)17-9-8-12-20(15-17)31(29,30)27(4-2)18-10-6-5-7-11-18/h5-16H,3-4H2,1-2H3. The van der Waals surface area contributed by atoms with Crippen molar-refractivity contribution in [2.24, 2.45) is 0 Å². The minimum Gasteiger partial charge on any atom is -0.309 e. The molecule has 31 heavy (non-hydrogen) atoms. The molecule has 0 bridgehead atoms. The lowest BCUT2D eigenvalue weighted by Crippen LogP contribution is -2.32. The molecular weight excluding hydrogens is 422 g/mol. The van der Waals surface area contributed by atoms with Crippen LogP contribution in [0, 0.1) is 11.6 Å². The van der Waals surface area contributed by atoms with Crippen LogP contribution in [-0.4, -0.2) is 27.4 Å². The van der Waals surface area contributed by atoms with Gasteiger partial charge in [-0.2, -0.15) is 0 Å². The summed E-state index contributed by atoms with van der Waals surface area (Å²) in [6, 6.07) is 17.5. The minimum atomic E-state index is -3.92. The van der Waals surface area contributed by atoms with Crippen molar-refractivity contribution in [3.63, 3.8) is 0 Å². The number of hydrogen-bond donors (Lipinski definition) is 0. The van der Waals surface area contributed by atoms with Crippen LogP contribution in [0.3, 0.4) is 0 Å². The Morgan fingerprint density at radius 2 is 1.52 bits per heavy atom. The van der Waals surface area contributed by atoms with Gasteiger partial charge in [-0.15, -0.1) is 0 Å². The molecule has 0 fully saturated rings.